The largest absolute Gasteiger partial charge is 0.355 e. The lowest BCUT2D eigenvalue weighted by molar-refractivity contribution is -0.120. The molecule has 22 heavy (non-hydrogen) atoms. The Balaban J connectivity index is 1.75. The van der Waals surface area contributed by atoms with Gasteiger partial charge >= 0.3 is 0 Å². The molecule has 0 saturated carbocycles. The van der Waals surface area contributed by atoms with Gasteiger partial charge in [-0.3, -0.25) is 14.4 Å². The Morgan fingerprint density at radius 1 is 1.23 bits per heavy atom. The maximum Gasteiger partial charge on any atom is 0.221 e. The molecule has 1 N–H and O–H groups in total. The molecule has 0 aliphatic carbocycles. The summed E-state index contributed by atoms with van der Waals surface area (Å²) in [6.45, 7) is 5.35. The number of carbonyl (C=O) groups excluding carboxylic acids is 1. The second kappa shape index (κ2) is 6.75. The van der Waals surface area contributed by atoms with E-state index in [1.54, 1.807) is 6.20 Å². The number of hydrogen-bond donors (Lipinski definition) is 1. The van der Waals surface area contributed by atoms with Crippen molar-refractivity contribution in [3.05, 3.63) is 53.9 Å². The first-order valence-corrected chi connectivity index (χ1v) is 7.77. The van der Waals surface area contributed by atoms with Crippen molar-refractivity contribution in [1.82, 2.24) is 20.0 Å². The Bertz CT molecular complexity index is 623. The zero-order valence-corrected chi connectivity index (χ0v) is 12.9. The summed E-state index contributed by atoms with van der Waals surface area (Å²) in [5, 5.41) is 7.25. The third-order valence-electron chi connectivity index (χ3n) is 4.23. The van der Waals surface area contributed by atoms with Crippen LogP contribution in [0, 0.1) is 0 Å². The summed E-state index contributed by atoms with van der Waals surface area (Å²) in [6, 6.07) is 10.8. The van der Waals surface area contributed by atoms with Crippen LogP contribution in [0.5, 0.6) is 0 Å². The number of nitrogens with zero attached hydrogens (tertiary/aromatic N) is 3. The number of rotatable bonds is 4. The zero-order chi connectivity index (χ0) is 15.4. The van der Waals surface area contributed by atoms with E-state index in [4.69, 9.17) is 0 Å². The summed E-state index contributed by atoms with van der Waals surface area (Å²) in [4.78, 5) is 13.9. The van der Waals surface area contributed by atoms with Crippen LogP contribution in [0.4, 0.5) is 0 Å². The Morgan fingerprint density at radius 2 is 2.00 bits per heavy atom. The van der Waals surface area contributed by atoms with E-state index in [0.29, 0.717) is 12.5 Å². The second-order valence-electron chi connectivity index (χ2n) is 5.85. The van der Waals surface area contributed by atoms with Crippen molar-refractivity contribution in [3.8, 4) is 0 Å². The Kier molecular flexibility index (Phi) is 4.53. The molecule has 5 heteroatoms. The molecular weight excluding hydrogens is 276 g/mol. The number of aromatic nitrogens is 2. The van der Waals surface area contributed by atoms with E-state index >= 15 is 0 Å². The highest BCUT2D eigenvalue weighted by Gasteiger charge is 2.20. The van der Waals surface area contributed by atoms with Gasteiger partial charge in [0.25, 0.3) is 0 Å². The molecule has 5 nitrogen and oxygen atoms in total. The lowest BCUT2D eigenvalue weighted by Gasteiger charge is -2.27. The fourth-order valence-corrected chi connectivity index (χ4v) is 2.83. The molecule has 116 valence electrons. The van der Waals surface area contributed by atoms with Crippen molar-refractivity contribution >= 4 is 5.91 Å². The quantitative estimate of drug-likeness (QED) is 0.933. The van der Waals surface area contributed by atoms with Gasteiger partial charge in [-0.25, -0.2) is 0 Å². The predicted octanol–water partition coefficient (Wildman–Crippen LogP) is 1.64. The van der Waals surface area contributed by atoms with Crippen LogP contribution in [0.1, 0.15) is 24.5 Å². The molecule has 1 aliphatic heterocycles. The van der Waals surface area contributed by atoms with Gasteiger partial charge in [0, 0.05) is 44.5 Å². The monoisotopic (exact) mass is 298 g/mol. The van der Waals surface area contributed by atoms with Crippen LogP contribution in [0.2, 0.25) is 0 Å². The van der Waals surface area contributed by atoms with Crippen molar-refractivity contribution < 1.29 is 4.79 Å². The highest BCUT2D eigenvalue weighted by atomic mass is 16.1. The molecule has 1 aromatic heterocycles. The van der Waals surface area contributed by atoms with E-state index in [2.05, 4.69) is 46.5 Å². The summed E-state index contributed by atoms with van der Waals surface area (Å²) in [5.74, 6) is 0.152. The van der Waals surface area contributed by atoms with Crippen LogP contribution < -0.4 is 5.32 Å². The molecule has 0 unspecified atom stereocenters. The van der Waals surface area contributed by atoms with Crippen LogP contribution >= 0.6 is 0 Å². The molecule has 1 aromatic carbocycles. The van der Waals surface area contributed by atoms with E-state index < -0.39 is 0 Å². The maximum absolute atomic E-state index is 11.6. The van der Waals surface area contributed by atoms with Crippen molar-refractivity contribution in [2.45, 2.75) is 32.5 Å². The smallest absolute Gasteiger partial charge is 0.221 e. The predicted molar refractivity (Wildman–Crippen MR) is 85.3 cm³/mol. The second-order valence-corrected chi connectivity index (χ2v) is 5.85. The number of nitrogens with one attached hydrogen (secondary N) is 1. The molecule has 0 radical (unpaired) electrons. The summed E-state index contributed by atoms with van der Waals surface area (Å²) >= 11 is 0. The fourth-order valence-electron chi connectivity index (χ4n) is 2.83. The average molecular weight is 298 g/mol. The van der Waals surface area contributed by atoms with Gasteiger partial charge in [0.05, 0.1) is 6.54 Å². The molecule has 2 aromatic rings. The molecule has 1 amide bonds. The molecule has 2 heterocycles. The summed E-state index contributed by atoms with van der Waals surface area (Å²) in [7, 11) is 0. The standard InChI is InChI=1S/C17H22N4O/c1-14-11-18-17(22)7-10-20(14)12-15-5-2-3-6-16(15)13-21-9-4-8-19-21/h2-6,8-9,14H,7,10-13H2,1H3,(H,18,22)/t14-/m1/s1. The molecule has 3 rings (SSSR count). The lowest BCUT2D eigenvalue weighted by atomic mass is 10.1. The Hall–Kier alpha value is -2.14. The van der Waals surface area contributed by atoms with Crippen molar-refractivity contribution in [2.24, 2.45) is 0 Å². The average Bonchev–Trinajstić information content (AvgIpc) is 2.98. The first-order chi connectivity index (χ1) is 10.7. The van der Waals surface area contributed by atoms with Crippen LogP contribution in [0.15, 0.2) is 42.7 Å². The molecule has 1 aliphatic rings. The van der Waals surface area contributed by atoms with E-state index in [1.165, 1.54) is 11.1 Å². The van der Waals surface area contributed by atoms with Gasteiger partial charge < -0.3 is 5.32 Å². The minimum atomic E-state index is 0.152. The van der Waals surface area contributed by atoms with Crippen LogP contribution in [-0.2, 0) is 17.9 Å². The van der Waals surface area contributed by atoms with Gasteiger partial charge in [-0.2, -0.15) is 5.10 Å². The van der Waals surface area contributed by atoms with Gasteiger partial charge in [-0.15, -0.1) is 0 Å². The minimum absolute atomic E-state index is 0.152. The molecular formula is C17H22N4O. The van der Waals surface area contributed by atoms with E-state index in [1.807, 2.05) is 16.9 Å². The fraction of sp³-hybridized carbons (Fsp3) is 0.412. The highest BCUT2D eigenvalue weighted by Crippen LogP contribution is 2.16. The maximum atomic E-state index is 11.6. The van der Waals surface area contributed by atoms with Crippen molar-refractivity contribution in [1.29, 1.82) is 0 Å². The van der Waals surface area contributed by atoms with Gasteiger partial charge in [-0.05, 0) is 24.1 Å². The third kappa shape index (κ3) is 3.54. The first-order valence-electron chi connectivity index (χ1n) is 7.77. The number of amides is 1. The highest BCUT2D eigenvalue weighted by molar-refractivity contribution is 5.76. The van der Waals surface area contributed by atoms with Gasteiger partial charge in [0.15, 0.2) is 0 Å². The number of carbonyl (C=O) groups is 1. The van der Waals surface area contributed by atoms with Crippen molar-refractivity contribution in [2.75, 3.05) is 13.1 Å². The number of benzene rings is 1. The molecule has 0 bridgehead atoms. The van der Waals surface area contributed by atoms with E-state index in [9.17, 15) is 4.79 Å². The van der Waals surface area contributed by atoms with E-state index in [0.717, 1.165) is 26.2 Å². The molecule has 1 atom stereocenters. The Morgan fingerprint density at radius 3 is 2.73 bits per heavy atom. The minimum Gasteiger partial charge on any atom is -0.355 e. The zero-order valence-electron chi connectivity index (χ0n) is 12.9. The summed E-state index contributed by atoms with van der Waals surface area (Å²) in [6.07, 6.45) is 4.36. The SMILES string of the molecule is C[C@@H]1CNC(=O)CCN1Cc1ccccc1Cn1cccn1. The molecule has 1 saturated heterocycles. The van der Waals surface area contributed by atoms with Gasteiger partial charge in [0.1, 0.15) is 0 Å². The Labute approximate surface area is 130 Å². The van der Waals surface area contributed by atoms with Crippen LogP contribution in [-0.4, -0.2) is 39.7 Å². The topological polar surface area (TPSA) is 50.2 Å². The van der Waals surface area contributed by atoms with E-state index in [-0.39, 0.29) is 5.91 Å². The third-order valence-corrected chi connectivity index (χ3v) is 4.23. The summed E-state index contributed by atoms with van der Waals surface area (Å²) < 4.78 is 1.94. The summed E-state index contributed by atoms with van der Waals surface area (Å²) in [5.41, 5.74) is 2.58. The van der Waals surface area contributed by atoms with Gasteiger partial charge in [0.2, 0.25) is 5.91 Å². The molecule has 1 fully saturated rings. The number of hydrogen-bond acceptors (Lipinski definition) is 3. The normalized spacial score (nSPS) is 19.7. The van der Waals surface area contributed by atoms with Crippen LogP contribution in [0.3, 0.4) is 0 Å². The lowest BCUT2D eigenvalue weighted by Crippen LogP contribution is -2.37. The van der Waals surface area contributed by atoms with Gasteiger partial charge in [-0.1, -0.05) is 24.3 Å². The van der Waals surface area contributed by atoms with Crippen LogP contribution in [0.25, 0.3) is 0 Å². The first kappa shape index (κ1) is 14.8. The van der Waals surface area contributed by atoms with Crippen molar-refractivity contribution in [3.63, 3.8) is 0 Å². The molecule has 0 spiro atoms.